The van der Waals surface area contributed by atoms with Gasteiger partial charge in [0.2, 0.25) is 0 Å². The fourth-order valence-corrected chi connectivity index (χ4v) is 3.19. The van der Waals surface area contributed by atoms with E-state index in [0.717, 1.165) is 34.6 Å². The highest BCUT2D eigenvalue weighted by molar-refractivity contribution is 9.10. The lowest BCUT2D eigenvalue weighted by atomic mass is 10.1. The van der Waals surface area contributed by atoms with E-state index in [1.54, 1.807) is 6.20 Å². The topological polar surface area (TPSA) is 66.4 Å². The SMILES string of the molecule is OC1CNCC1CNCc1cc(Br)ccc1OCc1ccccn1. The number of benzene rings is 1. The van der Waals surface area contributed by atoms with Crippen LogP contribution in [0, 0.1) is 5.92 Å². The number of pyridine rings is 1. The van der Waals surface area contributed by atoms with E-state index in [1.165, 1.54) is 0 Å². The van der Waals surface area contributed by atoms with E-state index in [1.807, 2.05) is 30.3 Å². The van der Waals surface area contributed by atoms with Crippen LogP contribution >= 0.6 is 15.9 Å². The number of β-amino-alcohol motifs (C(OH)–C–C–N with tert-alkyl or cyclic N) is 1. The van der Waals surface area contributed by atoms with Gasteiger partial charge in [0.05, 0.1) is 11.8 Å². The summed E-state index contributed by atoms with van der Waals surface area (Å²) >= 11 is 3.51. The second-order valence-electron chi connectivity index (χ2n) is 5.98. The lowest BCUT2D eigenvalue weighted by Crippen LogP contribution is -2.30. The highest BCUT2D eigenvalue weighted by Crippen LogP contribution is 2.24. The number of nitrogens with zero attached hydrogens (tertiary/aromatic N) is 1. The smallest absolute Gasteiger partial charge is 0.130 e. The van der Waals surface area contributed by atoms with Crippen LogP contribution in [0.4, 0.5) is 0 Å². The molecule has 1 aliphatic heterocycles. The zero-order chi connectivity index (χ0) is 16.8. The van der Waals surface area contributed by atoms with Gasteiger partial charge in [-0.3, -0.25) is 4.98 Å². The normalized spacial score (nSPS) is 20.2. The van der Waals surface area contributed by atoms with Crippen molar-refractivity contribution in [3.63, 3.8) is 0 Å². The summed E-state index contributed by atoms with van der Waals surface area (Å²) < 4.78 is 6.96. The molecule has 0 saturated carbocycles. The van der Waals surface area contributed by atoms with Gasteiger partial charge in [-0.2, -0.15) is 0 Å². The van der Waals surface area contributed by atoms with Crippen molar-refractivity contribution in [3.05, 3.63) is 58.3 Å². The van der Waals surface area contributed by atoms with E-state index in [-0.39, 0.29) is 12.0 Å². The van der Waals surface area contributed by atoms with Crippen LogP contribution in [0.15, 0.2) is 47.1 Å². The van der Waals surface area contributed by atoms with Crippen LogP contribution in [0.5, 0.6) is 5.75 Å². The predicted octanol–water partition coefficient (Wildman–Crippen LogP) is 2.09. The van der Waals surface area contributed by atoms with Gasteiger partial charge in [-0.05, 0) is 30.3 Å². The van der Waals surface area contributed by atoms with E-state index in [4.69, 9.17) is 4.74 Å². The molecule has 2 unspecified atom stereocenters. The minimum absolute atomic E-state index is 0.259. The monoisotopic (exact) mass is 391 g/mol. The summed E-state index contributed by atoms with van der Waals surface area (Å²) in [6.45, 7) is 3.46. The molecule has 0 aliphatic carbocycles. The fourth-order valence-electron chi connectivity index (χ4n) is 2.78. The first-order valence-electron chi connectivity index (χ1n) is 8.13. The van der Waals surface area contributed by atoms with Crippen molar-refractivity contribution in [2.75, 3.05) is 19.6 Å². The number of aliphatic hydroxyl groups is 1. The Hall–Kier alpha value is -1.47. The highest BCUT2D eigenvalue weighted by atomic mass is 79.9. The highest BCUT2D eigenvalue weighted by Gasteiger charge is 2.24. The summed E-state index contributed by atoms with van der Waals surface area (Å²) in [5.74, 6) is 1.11. The molecule has 0 radical (unpaired) electrons. The van der Waals surface area contributed by atoms with Crippen LogP contribution in [0.2, 0.25) is 0 Å². The van der Waals surface area contributed by atoms with Crippen molar-refractivity contribution in [2.45, 2.75) is 19.3 Å². The number of aliphatic hydroxyl groups excluding tert-OH is 1. The minimum atomic E-state index is -0.264. The first kappa shape index (κ1) is 17.4. The van der Waals surface area contributed by atoms with E-state index >= 15 is 0 Å². The number of rotatable bonds is 7. The molecule has 2 aromatic rings. The van der Waals surface area contributed by atoms with Crippen molar-refractivity contribution in [2.24, 2.45) is 5.92 Å². The Morgan fingerprint density at radius 2 is 2.21 bits per heavy atom. The first-order valence-corrected chi connectivity index (χ1v) is 8.92. The number of aromatic nitrogens is 1. The molecule has 3 N–H and O–H groups in total. The van der Waals surface area contributed by atoms with Gasteiger partial charge in [0.15, 0.2) is 0 Å². The second-order valence-corrected chi connectivity index (χ2v) is 6.89. The third-order valence-corrected chi connectivity index (χ3v) is 4.64. The molecule has 1 aliphatic rings. The van der Waals surface area contributed by atoms with Crippen molar-refractivity contribution in [3.8, 4) is 5.75 Å². The maximum atomic E-state index is 9.85. The molecule has 0 spiro atoms. The van der Waals surface area contributed by atoms with Crippen molar-refractivity contribution < 1.29 is 9.84 Å². The Kier molecular flexibility index (Phi) is 6.20. The zero-order valence-corrected chi connectivity index (χ0v) is 15.0. The molecule has 2 atom stereocenters. The average molecular weight is 392 g/mol. The number of halogens is 1. The molecule has 0 bridgehead atoms. The first-order chi connectivity index (χ1) is 11.7. The molecular formula is C18H22BrN3O2. The molecule has 2 heterocycles. The molecule has 6 heteroatoms. The van der Waals surface area contributed by atoms with Crippen LogP contribution in [0.25, 0.3) is 0 Å². The molecule has 128 valence electrons. The Morgan fingerprint density at radius 1 is 1.29 bits per heavy atom. The third-order valence-electron chi connectivity index (χ3n) is 4.15. The van der Waals surface area contributed by atoms with Crippen molar-refractivity contribution in [1.29, 1.82) is 0 Å². The maximum absolute atomic E-state index is 9.85. The van der Waals surface area contributed by atoms with Crippen LogP contribution in [-0.2, 0) is 13.2 Å². The van der Waals surface area contributed by atoms with Gasteiger partial charge in [-0.1, -0.05) is 22.0 Å². The standard InChI is InChI=1S/C18H22BrN3O2/c19-15-4-5-18(24-12-16-3-1-2-6-22-16)13(7-15)8-20-9-14-10-21-11-17(14)23/h1-7,14,17,20-21,23H,8-12H2. The Balaban J connectivity index is 1.58. The Bertz CT molecular complexity index is 654. The maximum Gasteiger partial charge on any atom is 0.130 e. The van der Waals surface area contributed by atoms with Gasteiger partial charge < -0.3 is 20.5 Å². The number of ether oxygens (including phenoxy) is 1. The molecule has 1 aromatic heterocycles. The van der Waals surface area contributed by atoms with E-state index in [9.17, 15) is 5.11 Å². The zero-order valence-electron chi connectivity index (χ0n) is 13.4. The second kappa shape index (κ2) is 8.58. The van der Waals surface area contributed by atoms with Gasteiger partial charge in [0.1, 0.15) is 12.4 Å². The van der Waals surface area contributed by atoms with E-state index in [0.29, 0.717) is 19.7 Å². The van der Waals surface area contributed by atoms with Crippen molar-refractivity contribution in [1.82, 2.24) is 15.6 Å². The van der Waals surface area contributed by atoms with Crippen LogP contribution < -0.4 is 15.4 Å². The summed E-state index contributed by atoms with van der Waals surface area (Å²) in [5, 5.41) is 16.5. The van der Waals surface area contributed by atoms with Gasteiger partial charge in [0, 0.05) is 48.3 Å². The summed E-state index contributed by atoms with van der Waals surface area (Å²) in [7, 11) is 0. The summed E-state index contributed by atoms with van der Waals surface area (Å²) in [5.41, 5.74) is 1.99. The van der Waals surface area contributed by atoms with Crippen molar-refractivity contribution >= 4 is 15.9 Å². The van der Waals surface area contributed by atoms with E-state index < -0.39 is 0 Å². The van der Waals surface area contributed by atoms with Gasteiger partial charge >= 0.3 is 0 Å². The van der Waals surface area contributed by atoms with Gasteiger partial charge in [-0.15, -0.1) is 0 Å². The lowest BCUT2D eigenvalue weighted by Gasteiger charge is -2.16. The lowest BCUT2D eigenvalue weighted by molar-refractivity contribution is 0.146. The molecule has 0 amide bonds. The number of hydrogen-bond acceptors (Lipinski definition) is 5. The summed E-state index contributed by atoms with van der Waals surface area (Å²) in [6, 6.07) is 11.8. The summed E-state index contributed by atoms with van der Waals surface area (Å²) in [6.07, 6.45) is 1.50. The Morgan fingerprint density at radius 3 is 2.96 bits per heavy atom. The van der Waals surface area contributed by atoms with Gasteiger partial charge in [0.25, 0.3) is 0 Å². The molecule has 1 saturated heterocycles. The van der Waals surface area contributed by atoms with Crippen LogP contribution in [-0.4, -0.2) is 35.8 Å². The molecule has 1 fully saturated rings. The number of nitrogens with one attached hydrogen (secondary N) is 2. The summed E-state index contributed by atoms with van der Waals surface area (Å²) in [4.78, 5) is 4.28. The third kappa shape index (κ3) is 4.77. The molecule has 3 rings (SSSR count). The molecule has 5 nitrogen and oxygen atoms in total. The minimum Gasteiger partial charge on any atom is -0.487 e. The predicted molar refractivity (Wildman–Crippen MR) is 96.8 cm³/mol. The van der Waals surface area contributed by atoms with Gasteiger partial charge in [-0.25, -0.2) is 0 Å². The number of hydrogen-bond donors (Lipinski definition) is 3. The fraction of sp³-hybridized carbons (Fsp3) is 0.389. The Labute approximate surface area is 150 Å². The average Bonchev–Trinajstić information content (AvgIpc) is 3.00. The molecule has 1 aromatic carbocycles. The van der Waals surface area contributed by atoms with Crippen LogP contribution in [0.1, 0.15) is 11.3 Å². The largest absolute Gasteiger partial charge is 0.487 e. The van der Waals surface area contributed by atoms with E-state index in [2.05, 4.69) is 37.6 Å². The molecule has 24 heavy (non-hydrogen) atoms. The quantitative estimate of drug-likeness (QED) is 0.674. The molecular weight excluding hydrogens is 370 g/mol. The van der Waals surface area contributed by atoms with Crippen LogP contribution in [0.3, 0.4) is 0 Å².